The molecule has 0 atom stereocenters. The molecule has 0 radical (unpaired) electrons. The number of ether oxygens (including phenoxy) is 1. The third kappa shape index (κ3) is 4.19. The van der Waals surface area contributed by atoms with Crippen molar-refractivity contribution in [1.82, 2.24) is 19.7 Å². The summed E-state index contributed by atoms with van der Waals surface area (Å²) in [7, 11) is 0. The summed E-state index contributed by atoms with van der Waals surface area (Å²) in [5, 5.41) is 12.1. The molecule has 1 aliphatic rings. The largest absolute Gasteiger partial charge is 0.444 e. The fourth-order valence-corrected chi connectivity index (χ4v) is 3.28. The number of fused-ring (bicyclic) bond motifs is 3. The van der Waals surface area contributed by atoms with E-state index in [-0.39, 0.29) is 19.0 Å². The monoisotopic (exact) mass is 439 g/mol. The molecule has 3 aromatic rings. The van der Waals surface area contributed by atoms with Crippen LogP contribution < -0.4 is 5.32 Å². The first-order valence-corrected chi connectivity index (χ1v) is 9.35. The Morgan fingerprint density at radius 2 is 2.13 bits per heavy atom. The number of anilines is 1. The maximum atomic E-state index is 12.5. The van der Waals surface area contributed by atoms with Crippen LogP contribution in [0.1, 0.15) is 24.3 Å². The maximum absolute atomic E-state index is 12.5. The highest BCUT2D eigenvalue weighted by molar-refractivity contribution is 6.31. The van der Waals surface area contributed by atoms with Gasteiger partial charge >= 0.3 is 6.18 Å². The molecule has 0 bridgehead atoms. The fourth-order valence-electron chi connectivity index (χ4n) is 3.10. The molecule has 1 aromatic carbocycles. The van der Waals surface area contributed by atoms with E-state index in [2.05, 4.69) is 20.5 Å². The molecule has 0 amide bonds. The quantitative estimate of drug-likeness (QED) is 0.627. The molecule has 0 saturated carbocycles. The van der Waals surface area contributed by atoms with Crippen LogP contribution in [0.2, 0.25) is 5.02 Å². The SMILES string of the molecule is C/C(=C1/Cn2c(COCC(F)(F)F)nnc2-c2cc(Cl)ccc2N1)c1nc(C)co1. The van der Waals surface area contributed by atoms with Gasteiger partial charge in [0.1, 0.15) is 19.5 Å². The molecule has 2 aromatic heterocycles. The molecule has 0 spiro atoms. The number of alkyl halides is 3. The molecule has 4 rings (SSSR count). The summed E-state index contributed by atoms with van der Waals surface area (Å²) in [5.41, 5.74) is 3.61. The summed E-state index contributed by atoms with van der Waals surface area (Å²) in [5.74, 6) is 1.17. The molecule has 1 N–H and O–H groups in total. The van der Waals surface area contributed by atoms with Crippen LogP contribution in [0.3, 0.4) is 0 Å². The number of aryl methyl sites for hydroxylation is 1. The van der Waals surface area contributed by atoms with Gasteiger partial charge in [0.2, 0.25) is 5.89 Å². The van der Waals surface area contributed by atoms with Gasteiger partial charge in [0, 0.05) is 27.5 Å². The zero-order valence-corrected chi connectivity index (χ0v) is 16.8. The highest BCUT2D eigenvalue weighted by atomic mass is 35.5. The second-order valence-corrected chi connectivity index (χ2v) is 7.28. The molecule has 30 heavy (non-hydrogen) atoms. The molecule has 7 nitrogen and oxygen atoms in total. The Bertz CT molecular complexity index is 1120. The predicted molar refractivity (Wildman–Crippen MR) is 104 cm³/mol. The van der Waals surface area contributed by atoms with Gasteiger partial charge in [-0.2, -0.15) is 13.2 Å². The zero-order valence-electron chi connectivity index (χ0n) is 16.0. The van der Waals surface area contributed by atoms with Gasteiger partial charge in [-0.05, 0) is 32.0 Å². The first kappa shape index (κ1) is 20.4. The molecule has 158 valence electrons. The van der Waals surface area contributed by atoms with Crippen LogP contribution in [0.25, 0.3) is 17.0 Å². The molecular weight excluding hydrogens is 423 g/mol. The second kappa shape index (κ2) is 7.77. The van der Waals surface area contributed by atoms with Crippen LogP contribution in [-0.4, -0.2) is 32.5 Å². The zero-order chi connectivity index (χ0) is 21.5. The molecule has 3 heterocycles. The number of benzene rings is 1. The number of oxazole rings is 1. The number of nitrogens with zero attached hydrogens (tertiary/aromatic N) is 4. The first-order valence-electron chi connectivity index (χ1n) is 8.97. The number of hydrogen-bond donors (Lipinski definition) is 1. The Morgan fingerprint density at radius 1 is 1.33 bits per heavy atom. The second-order valence-electron chi connectivity index (χ2n) is 6.85. The lowest BCUT2D eigenvalue weighted by Crippen LogP contribution is -2.18. The predicted octanol–water partition coefficient (Wildman–Crippen LogP) is 4.83. The van der Waals surface area contributed by atoms with Gasteiger partial charge in [0.05, 0.1) is 12.2 Å². The number of halogens is 4. The minimum absolute atomic E-state index is 0.257. The molecule has 1 aliphatic heterocycles. The third-order valence-electron chi connectivity index (χ3n) is 4.54. The molecule has 11 heteroatoms. The maximum Gasteiger partial charge on any atom is 0.411 e. The van der Waals surface area contributed by atoms with Crippen molar-refractivity contribution in [2.75, 3.05) is 11.9 Å². The Balaban J connectivity index is 1.77. The van der Waals surface area contributed by atoms with Gasteiger partial charge in [0.25, 0.3) is 0 Å². The highest BCUT2D eigenvalue weighted by Gasteiger charge is 2.29. The lowest BCUT2D eigenvalue weighted by molar-refractivity contribution is -0.177. The minimum Gasteiger partial charge on any atom is -0.444 e. The molecule has 0 aliphatic carbocycles. The van der Waals surface area contributed by atoms with E-state index in [1.165, 1.54) is 0 Å². The van der Waals surface area contributed by atoms with Gasteiger partial charge in [-0.3, -0.25) is 0 Å². The van der Waals surface area contributed by atoms with E-state index in [1.54, 1.807) is 29.0 Å². The van der Waals surface area contributed by atoms with E-state index in [9.17, 15) is 13.2 Å². The van der Waals surface area contributed by atoms with Crippen molar-refractivity contribution in [2.24, 2.45) is 0 Å². The normalized spacial score (nSPS) is 15.3. The Kier molecular flexibility index (Phi) is 5.29. The smallest absolute Gasteiger partial charge is 0.411 e. The summed E-state index contributed by atoms with van der Waals surface area (Å²) < 4.78 is 49.4. The number of rotatable bonds is 4. The minimum atomic E-state index is -4.42. The summed E-state index contributed by atoms with van der Waals surface area (Å²) in [6, 6.07) is 5.25. The number of hydrogen-bond acceptors (Lipinski definition) is 6. The Labute approximate surface area is 174 Å². The number of aromatic nitrogens is 4. The van der Waals surface area contributed by atoms with Crippen molar-refractivity contribution in [2.45, 2.75) is 33.2 Å². The lowest BCUT2D eigenvalue weighted by atomic mass is 10.1. The lowest BCUT2D eigenvalue weighted by Gasteiger charge is -2.13. The van der Waals surface area contributed by atoms with E-state index in [4.69, 9.17) is 20.8 Å². The number of allylic oxidation sites excluding steroid dienone is 2. The van der Waals surface area contributed by atoms with Crippen molar-refractivity contribution in [3.8, 4) is 11.4 Å². The Hall–Kier alpha value is -2.85. The van der Waals surface area contributed by atoms with E-state index >= 15 is 0 Å². The third-order valence-corrected chi connectivity index (χ3v) is 4.78. The molecular formula is C19H17ClF3N5O2. The molecule has 0 saturated heterocycles. The van der Waals surface area contributed by atoms with Crippen LogP contribution in [0.5, 0.6) is 0 Å². The van der Waals surface area contributed by atoms with Crippen molar-refractivity contribution in [3.63, 3.8) is 0 Å². The van der Waals surface area contributed by atoms with Gasteiger partial charge in [-0.15, -0.1) is 10.2 Å². The van der Waals surface area contributed by atoms with Crippen molar-refractivity contribution in [3.05, 3.63) is 52.6 Å². The van der Waals surface area contributed by atoms with Gasteiger partial charge in [0.15, 0.2) is 11.6 Å². The average molecular weight is 440 g/mol. The highest BCUT2D eigenvalue weighted by Crippen LogP contribution is 2.36. The van der Waals surface area contributed by atoms with Crippen molar-refractivity contribution < 1.29 is 22.3 Å². The number of nitrogens with one attached hydrogen (secondary N) is 1. The summed E-state index contributed by atoms with van der Waals surface area (Å²) in [6.45, 7) is 2.21. The van der Waals surface area contributed by atoms with Crippen LogP contribution in [0.4, 0.5) is 18.9 Å². The van der Waals surface area contributed by atoms with Crippen LogP contribution >= 0.6 is 11.6 Å². The van der Waals surface area contributed by atoms with Crippen LogP contribution in [0.15, 0.2) is 34.6 Å². The van der Waals surface area contributed by atoms with E-state index in [0.29, 0.717) is 22.3 Å². The fraction of sp³-hybridized carbons (Fsp3) is 0.316. The van der Waals surface area contributed by atoms with Gasteiger partial charge in [-0.1, -0.05) is 11.6 Å². The van der Waals surface area contributed by atoms with Gasteiger partial charge in [-0.25, -0.2) is 4.98 Å². The summed E-state index contributed by atoms with van der Waals surface area (Å²) in [6.07, 6.45) is -2.88. The van der Waals surface area contributed by atoms with E-state index in [0.717, 1.165) is 22.7 Å². The van der Waals surface area contributed by atoms with E-state index < -0.39 is 12.8 Å². The summed E-state index contributed by atoms with van der Waals surface area (Å²) in [4.78, 5) is 4.35. The van der Waals surface area contributed by atoms with Gasteiger partial charge < -0.3 is 19.0 Å². The van der Waals surface area contributed by atoms with Crippen molar-refractivity contribution in [1.29, 1.82) is 0 Å². The van der Waals surface area contributed by atoms with E-state index in [1.807, 2.05) is 13.8 Å². The molecule has 0 fully saturated rings. The first-order chi connectivity index (χ1) is 14.2. The standard InChI is InChI=1S/C19H17ClF3N5O2/c1-10-7-30-18(24-10)11(2)15-6-28-16(8-29-9-19(21,22)23)26-27-17(28)13-5-12(20)3-4-14(13)25-15/h3-5,7,25H,6,8-9H2,1-2H3/b15-11+. The topological polar surface area (TPSA) is 78.0 Å². The molecule has 0 unspecified atom stereocenters. The van der Waals surface area contributed by atoms with Crippen LogP contribution in [0, 0.1) is 6.92 Å². The summed E-state index contributed by atoms with van der Waals surface area (Å²) >= 11 is 6.16. The van der Waals surface area contributed by atoms with Crippen molar-refractivity contribution >= 4 is 22.9 Å². The van der Waals surface area contributed by atoms with Crippen LogP contribution in [-0.2, 0) is 17.9 Å². The average Bonchev–Trinajstić information content (AvgIpc) is 3.23. The Morgan fingerprint density at radius 3 is 2.83 bits per heavy atom.